The fourth-order valence-electron chi connectivity index (χ4n) is 2.51. The van der Waals surface area contributed by atoms with Crippen LogP contribution in [0.1, 0.15) is 13.3 Å². The van der Waals surface area contributed by atoms with Crippen molar-refractivity contribution in [2.75, 3.05) is 38.3 Å². The van der Waals surface area contributed by atoms with E-state index in [1.54, 1.807) is 19.4 Å². The molecule has 0 aliphatic carbocycles. The molecule has 2 N–H and O–H groups in total. The summed E-state index contributed by atoms with van der Waals surface area (Å²) in [5.41, 5.74) is 6.34. The summed E-state index contributed by atoms with van der Waals surface area (Å²) in [4.78, 5) is 14.3. The molecule has 21 heavy (non-hydrogen) atoms. The van der Waals surface area contributed by atoms with E-state index < -0.39 is 0 Å². The summed E-state index contributed by atoms with van der Waals surface area (Å²) in [5, 5.41) is 4.23. The Morgan fingerprint density at radius 3 is 2.95 bits per heavy atom. The Morgan fingerprint density at radius 1 is 1.57 bits per heavy atom. The van der Waals surface area contributed by atoms with Gasteiger partial charge in [0.15, 0.2) is 0 Å². The van der Waals surface area contributed by atoms with Crippen molar-refractivity contribution in [1.29, 1.82) is 0 Å². The molecule has 0 saturated carbocycles. The Hall–Kier alpha value is -1.44. The molecule has 7 heteroatoms. The molecule has 2 rings (SSSR count). The van der Waals surface area contributed by atoms with Crippen LogP contribution in [0.5, 0.6) is 0 Å². The number of ether oxygens (including phenoxy) is 2. The van der Waals surface area contributed by atoms with Gasteiger partial charge in [-0.15, -0.1) is 0 Å². The van der Waals surface area contributed by atoms with Crippen LogP contribution in [-0.2, 0) is 16.0 Å². The van der Waals surface area contributed by atoms with Gasteiger partial charge in [0.05, 0.1) is 30.6 Å². The van der Waals surface area contributed by atoms with Crippen molar-refractivity contribution in [3.63, 3.8) is 0 Å². The first kappa shape index (κ1) is 15.9. The Balaban J connectivity index is 2.05. The van der Waals surface area contributed by atoms with Gasteiger partial charge < -0.3 is 20.1 Å². The maximum absolute atomic E-state index is 12.1. The van der Waals surface area contributed by atoms with Gasteiger partial charge in [-0.3, -0.25) is 4.79 Å². The van der Waals surface area contributed by atoms with E-state index in [9.17, 15) is 4.79 Å². The van der Waals surface area contributed by atoms with E-state index in [1.807, 2.05) is 6.92 Å². The molecular weight excluding hydrogens is 272 g/mol. The molecule has 0 aromatic carbocycles. The van der Waals surface area contributed by atoms with Crippen LogP contribution in [0.3, 0.4) is 0 Å². The lowest BCUT2D eigenvalue weighted by atomic mass is 10.3. The van der Waals surface area contributed by atoms with Crippen molar-refractivity contribution in [2.45, 2.75) is 32.1 Å². The third-order valence-electron chi connectivity index (χ3n) is 3.74. The summed E-state index contributed by atoms with van der Waals surface area (Å²) in [6.45, 7) is 4.90. The SMILES string of the molecule is CCOC(CN)Cn1ncc(N2CCC(OC)C2)cc1=O. The average molecular weight is 296 g/mol. The van der Waals surface area contributed by atoms with Crippen LogP contribution in [0.25, 0.3) is 0 Å². The molecule has 118 valence electrons. The van der Waals surface area contributed by atoms with Gasteiger partial charge in [0.2, 0.25) is 0 Å². The number of nitrogens with two attached hydrogens (primary N) is 1. The van der Waals surface area contributed by atoms with Gasteiger partial charge in [-0.2, -0.15) is 5.10 Å². The van der Waals surface area contributed by atoms with Crippen LogP contribution < -0.4 is 16.2 Å². The topological polar surface area (TPSA) is 82.6 Å². The normalized spacial score (nSPS) is 20.0. The van der Waals surface area contributed by atoms with E-state index in [0.29, 0.717) is 19.7 Å². The molecule has 0 radical (unpaired) electrons. The van der Waals surface area contributed by atoms with Crippen LogP contribution >= 0.6 is 0 Å². The van der Waals surface area contributed by atoms with Gasteiger partial charge in [-0.05, 0) is 13.3 Å². The van der Waals surface area contributed by atoms with Crippen molar-refractivity contribution in [1.82, 2.24) is 9.78 Å². The molecule has 0 amide bonds. The zero-order chi connectivity index (χ0) is 15.2. The first-order valence-electron chi connectivity index (χ1n) is 7.34. The second kappa shape index (κ2) is 7.53. The first-order chi connectivity index (χ1) is 10.2. The molecular formula is C14H24N4O3. The number of rotatable bonds is 7. The molecule has 2 unspecified atom stereocenters. The molecule has 2 atom stereocenters. The number of hydrogen-bond acceptors (Lipinski definition) is 6. The fraction of sp³-hybridized carbons (Fsp3) is 0.714. The Bertz CT molecular complexity index is 505. The molecule has 1 fully saturated rings. The maximum Gasteiger partial charge on any atom is 0.268 e. The smallest absolute Gasteiger partial charge is 0.268 e. The van der Waals surface area contributed by atoms with E-state index >= 15 is 0 Å². The second-order valence-corrected chi connectivity index (χ2v) is 5.14. The summed E-state index contributed by atoms with van der Waals surface area (Å²) >= 11 is 0. The van der Waals surface area contributed by atoms with Crippen molar-refractivity contribution in [3.8, 4) is 0 Å². The molecule has 1 aliphatic heterocycles. The van der Waals surface area contributed by atoms with Crippen molar-refractivity contribution < 1.29 is 9.47 Å². The lowest BCUT2D eigenvalue weighted by Crippen LogP contribution is -2.35. The third-order valence-corrected chi connectivity index (χ3v) is 3.74. The number of anilines is 1. The standard InChI is InChI=1S/C14H24N4O3/c1-3-21-13(7-15)10-18-14(19)6-11(8-16-18)17-5-4-12(9-17)20-2/h6,8,12-13H,3-5,7,9-10,15H2,1-2H3. The van der Waals surface area contributed by atoms with E-state index in [1.165, 1.54) is 4.68 Å². The van der Waals surface area contributed by atoms with Crippen LogP contribution in [0, 0.1) is 0 Å². The minimum atomic E-state index is -0.185. The van der Waals surface area contributed by atoms with E-state index in [-0.39, 0.29) is 17.8 Å². The average Bonchev–Trinajstić information content (AvgIpc) is 2.97. The molecule has 1 aromatic rings. The Morgan fingerprint density at radius 2 is 2.38 bits per heavy atom. The van der Waals surface area contributed by atoms with E-state index in [4.69, 9.17) is 15.2 Å². The van der Waals surface area contributed by atoms with Crippen LogP contribution in [0.15, 0.2) is 17.1 Å². The van der Waals surface area contributed by atoms with Gasteiger partial charge in [-0.1, -0.05) is 0 Å². The monoisotopic (exact) mass is 296 g/mol. The highest BCUT2D eigenvalue weighted by Gasteiger charge is 2.23. The second-order valence-electron chi connectivity index (χ2n) is 5.14. The van der Waals surface area contributed by atoms with Gasteiger partial charge in [0.25, 0.3) is 5.56 Å². The van der Waals surface area contributed by atoms with Crippen molar-refractivity contribution in [2.24, 2.45) is 5.73 Å². The van der Waals surface area contributed by atoms with E-state index in [2.05, 4.69) is 10.00 Å². The van der Waals surface area contributed by atoms with E-state index in [0.717, 1.165) is 25.2 Å². The van der Waals surface area contributed by atoms with Crippen LogP contribution in [0.2, 0.25) is 0 Å². The summed E-state index contributed by atoms with van der Waals surface area (Å²) in [5.74, 6) is 0. The third kappa shape index (κ3) is 4.03. The maximum atomic E-state index is 12.1. The molecule has 0 spiro atoms. The van der Waals surface area contributed by atoms with Crippen LogP contribution in [-0.4, -0.2) is 55.3 Å². The largest absolute Gasteiger partial charge is 0.380 e. The summed E-state index contributed by atoms with van der Waals surface area (Å²) < 4.78 is 12.2. The summed E-state index contributed by atoms with van der Waals surface area (Å²) in [7, 11) is 1.71. The Kier molecular flexibility index (Phi) is 5.72. The van der Waals surface area contributed by atoms with Gasteiger partial charge in [-0.25, -0.2) is 4.68 Å². The molecule has 2 heterocycles. The molecule has 1 aliphatic rings. The zero-order valence-corrected chi connectivity index (χ0v) is 12.7. The van der Waals surface area contributed by atoms with Gasteiger partial charge in [0, 0.05) is 39.4 Å². The lowest BCUT2D eigenvalue weighted by molar-refractivity contribution is 0.0531. The molecule has 1 aromatic heterocycles. The van der Waals surface area contributed by atoms with Gasteiger partial charge >= 0.3 is 0 Å². The molecule has 0 bridgehead atoms. The number of methoxy groups -OCH3 is 1. The number of hydrogen-bond donors (Lipinski definition) is 1. The first-order valence-corrected chi connectivity index (χ1v) is 7.34. The quantitative estimate of drug-likeness (QED) is 0.752. The Labute approximate surface area is 124 Å². The highest BCUT2D eigenvalue weighted by molar-refractivity contribution is 5.44. The van der Waals surface area contributed by atoms with Crippen molar-refractivity contribution >= 4 is 5.69 Å². The van der Waals surface area contributed by atoms with Crippen molar-refractivity contribution in [3.05, 3.63) is 22.6 Å². The summed E-state index contributed by atoms with van der Waals surface area (Å²) in [6.07, 6.45) is 2.74. The molecule has 1 saturated heterocycles. The lowest BCUT2D eigenvalue weighted by Gasteiger charge is -2.19. The fourth-order valence-corrected chi connectivity index (χ4v) is 2.51. The predicted molar refractivity (Wildman–Crippen MR) is 80.6 cm³/mol. The minimum Gasteiger partial charge on any atom is -0.380 e. The predicted octanol–water partition coefficient (Wildman–Crippen LogP) is -0.168. The number of aromatic nitrogens is 2. The number of nitrogens with zero attached hydrogens (tertiary/aromatic N) is 3. The zero-order valence-electron chi connectivity index (χ0n) is 12.7. The highest BCUT2D eigenvalue weighted by atomic mass is 16.5. The van der Waals surface area contributed by atoms with Gasteiger partial charge in [0.1, 0.15) is 0 Å². The molecule has 7 nitrogen and oxygen atoms in total. The summed E-state index contributed by atoms with van der Waals surface area (Å²) in [6, 6.07) is 1.62. The van der Waals surface area contributed by atoms with Crippen LogP contribution in [0.4, 0.5) is 5.69 Å². The minimum absolute atomic E-state index is 0.133. The highest BCUT2D eigenvalue weighted by Crippen LogP contribution is 2.19.